The third-order valence-electron chi connectivity index (χ3n) is 5.04. The Bertz CT molecular complexity index is 1270. The van der Waals surface area contributed by atoms with Crippen LogP contribution in [0.1, 0.15) is 6.92 Å². The lowest BCUT2D eigenvalue weighted by Crippen LogP contribution is -2.23. The molecule has 1 aromatic heterocycles. The average molecular weight is 445 g/mol. The second kappa shape index (κ2) is 9.70. The van der Waals surface area contributed by atoms with Crippen molar-refractivity contribution in [2.75, 3.05) is 12.4 Å². The van der Waals surface area contributed by atoms with Crippen LogP contribution in [0.3, 0.4) is 0 Å². The number of aromatic nitrogens is 3. The van der Waals surface area contributed by atoms with Gasteiger partial charge in [-0.15, -0.1) is 16.8 Å². The zero-order valence-corrected chi connectivity index (χ0v) is 18.8. The molecule has 4 aromatic rings. The van der Waals surface area contributed by atoms with E-state index in [1.54, 1.807) is 13.2 Å². The predicted molar refractivity (Wildman–Crippen MR) is 130 cm³/mol. The van der Waals surface area contributed by atoms with E-state index in [0.29, 0.717) is 23.3 Å². The second-order valence-corrected chi connectivity index (χ2v) is 8.52. The number of nitrogens with one attached hydrogen (secondary N) is 1. The van der Waals surface area contributed by atoms with E-state index in [1.165, 1.54) is 11.8 Å². The fourth-order valence-electron chi connectivity index (χ4n) is 3.42. The number of hydrogen-bond donors (Lipinski definition) is 1. The number of fused-ring (bicyclic) bond motifs is 1. The number of anilines is 1. The summed E-state index contributed by atoms with van der Waals surface area (Å²) in [5, 5.41) is 14.2. The number of para-hydroxylation sites is 1. The molecule has 0 saturated heterocycles. The van der Waals surface area contributed by atoms with Gasteiger partial charge in [0, 0.05) is 12.2 Å². The Kier molecular flexibility index (Phi) is 6.56. The molecule has 0 bridgehead atoms. The first-order valence-electron chi connectivity index (χ1n) is 10.2. The lowest BCUT2D eigenvalue weighted by atomic mass is 10.1. The van der Waals surface area contributed by atoms with Gasteiger partial charge in [0.15, 0.2) is 11.0 Å². The molecule has 162 valence electrons. The highest BCUT2D eigenvalue weighted by atomic mass is 32.2. The summed E-state index contributed by atoms with van der Waals surface area (Å²) in [5.74, 6) is 1.29. The third kappa shape index (κ3) is 4.53. The molecule has 0 spiro atoms. The monoisotopic (exact) mass is 444 g/mol. The van der Waals surface area contributed by atoms with E-state index in [1.807, 2.05) is 78.2 Å². The second-order valence-electron chi connectivity index (χ2n) is 7.22. The average Bonchev–Trinajstić information content (AvgIpc) is 3.21. The summed E-state index contributed by atoms with van der Waals surface area (Å²) in [6.45, 7) is 6.23. The van der Waals surface area contributed by atoms with Gasteiger partial charge in [0.2, 0.25) is 5.91 Å². The minimum atomic E-state index is -0.375. The number of thioether (sulfide) groups is 1. The number of amides is 1. The number of ether oxygens (including phenoxy) is 1. The van der Waals surface area contributed by atoms with Crippen molar-refractivity contribution in [1.82, 2.24) is 14.8 Å². The summed E-state index contributed by atoms with van der Waals surface area (Å²) in [6, 6.07) is 21.6. The van der Waals surface area contributed by atoms with Crippen LogP contribution in [-0.4, -0.2) is 33.0 Å². The van der Waals surface area contributed by atoms with Crippen molar-refractivity contribution in [3.8, 4) is 17.1 Å². The van der Waals surface area contributed by atoms with Gasteiger partial charge < -0.3 is 10.1 Å². The molecule has 0 fully saturated rings. The molecule has 6 nitrogen and oxygen atoms in total. The van der Waals surface area contributed by atoms with E-state index < -0.39 is 0 Å². The van der Waals surface area contributed by atoms with E-state index in [9.17, 15) is 4.79 Å². The largest absolute Gasteiger partial charge is 0.496 e. The molecule has 0 aliphatic carbocycles. The highest BCUT2D eigenvalue weighted by Gasteiger charge is 2.22. The SMILES string of the molecule is C=CCn1c(SC(C)C(=O)Nc2ccc3ccccc3c2)nnc1-c1ccccc1OC. The smallest absolute Gasteiger partial charge is 0.237 e. The van der Waals surface area contributed by atoms with Gasteiger partial charge in [0.05, 0.1) is 17.9 Å². The van der Waals surface area contributed by atoms with Gasteiger partial charge >= 0.3 is 0 Å². The van der Waals surface area contributed by atoms with E-state index in [4.69, 9.17) is 4.74 Å². The normalized spacial score (nSPS) is 11.8. The molecule has 1 unspecified atom stereocenters. The van der Waals surface area contributed by atoms with Crippen molar-refractivity contribution in [2.45, 2.75) is 23.9 Å². The van der Waals surface area contributed by atoms with Crippen LogP contribution in [0.25, 0.3) is 22.2 Å². The Hall–Kier alpha value is -3.58. The van der Waals surface area contributed by atoms with Crippen molar-refractivity contribution in [3.05, 3.63) is 79.4 Å². The van der Waals surface area contributed by atoms with Crippen molar-refractivity contribution >= 4 is 34.1 Å². The molecule has 1 amide bonds. The quantitative estimate of drug-likeness (QED) is 0.291. The highest BCUT2D eigenvalue weighted by molar-refractivity contribution is 8.00. The minimum absolute atomic E-state index is 0.0997. The number of nitrogens with zero attached hydrogens (tertiary/aromatic N) is 3. The standard InChI is InChI=1S/C25H24N4O2S/c1-4-15-29-23(21-11-7-8-12-22(21)31-3)27-28-25(29)32-17(2)24(30)26-20-14-13-18-9-5-6-10-19(18)16-20/h4-14,16-17H,1,15H2,2-3H3,(H,26,30). The Morgan fingerprint density at radius 3 is 2.66 bits per heavy atom. The van der Waals surface area contributed by atoms with E-state index in [-0.39, 0.29) is 11.2 Å². The number of rotatable bonds is 8. The third-order valence-corrected chi connectivity index (χ3v) is 6.13. The van der Waals surface area contributed by atoms with Gasteiger partial charge in [-0.25, -0.2) is 0 Å². The van der Waals surface area contributed by atoms with Crippen molar-refractivity contribution in [1.29, 1.82) is 0 Å². The van der Waals surface area contributed by atoms with Gasteiger partial charge in [-0.2, -0.15) is 0 Å². The van der Waals surface area contributed by atoms with Gasteiger partial charge in [-0.1, -0.05) is 60.3 Å². The number of hydrogen-bond acceptors (Lipinski definition) is 5. The van der Waals surface area contributed by atoms with Gasteiger partial charge in [-0.3, -0.25) is 9.36 Å². The van der Waals surface area contributed by atoms with E-state index >= 15 is 0 Å². The topological polar surface area (TPSA) is 69.0 Å². The zero-order valence-electron chi connectivity index (χ0n) is 18.0. The molecule has 0 aliphatic rings. The first kappa shape index (κ1) is 21.6. The molecule has 32 heavy (non-hydrogen) atoms. The summed E-state index contributed by atoms with van der Waals surface area (Å²) >= 11 is 1.36. The maximum atomic E-state index is 12.9. The van der Waals surface area contributed by atoms with Gasteiger partial charge in [0.1, 0.15) is 5.75 Å². The van der Waals surface area contributed by atoms with Gasteiger partial charge in [0.25, 0.3) is 0 Å². The van der Waals surface area contributed by atoms with Crippen LogP contribution in [0.4, 0.5) is 5.69 Å². The Labute approximate surface area is 191 Å². The predicted octanol–water partition coefficient (Wildman–Crippen LogP) is 5.41. The Balaban J connectivity index is 1.54. The Morgan fingerprint density at radius 2 is 1.88 bits per heavy atom. The van der Waals surface area contributed by atoms with Crippen LogP contribution in [0.2, 0.25) is 0 Å². The summed E-state index contributed by atoms with van der Waals surface area (Å²) < 4.78 is 7.42. The lowest BCUT2D eigenvalue weighted by Gasteiger charge is -2.14. The summed E-state index contributed by atoms with van der Waals surface area (Å²) in [6.07, 6.45) is 1.78. The van der Waals surface area contributed by atoms with E-state index in [2.05, 4.69) is 22.1 Å². The van der Waals surface area contributed by atoms with Crippen molar-refractivity contribution in [3.63, 3.8) is 0 Å². The summed E-state index contributed by atoms with van der Waals surface area (Å²) in [7, 11) is 1.63. The first-order chi connectivity index (χ1) is 15.6. The molecule has 3 aromatic carbocycles. The molecular formula is C25H24N4O2S. The lowest BCUT2D eigenvalue weighted by molar-refractivity contribution is -0.115. The Morgan fingerprint density at radius 1 is 1.12 bits per heavy atom. The van der Waals surface area contributed by atoms with Gasteiger partial charge in [-0.05, 0) is 42.0 Å². The van der Waals surface area contributed by atoms with E-state index in [0.717, 1.165) is 22.0 Å². The maximum absolute atomic E-state index is 12.9. The number of carbonyl (C=O) groups excluding carboxylic acids is 1. The van der Waals surface area contributed by atoms with Crippen LogP contribution >= 0.6 is 11.8 Å². The summed E-state index contributed by atoms with van der Waals surface area (Å²) in [5.41, 5.74) is 1.60. The van der Waals surface area contributed by atoms with Crippen LogP contribution in [0, 0.1) is 0 Å². The molecule has 1 N–H and O–H groups in total. The van der Waals surface area contributed by atoms with Crippen molar-refractivity contribution in [2.24, 2.45) is 0 Å². The molecule has 1 heterocycles. The van der Waals surface area contributed by atoms with Crippen LogP contribution < -0.4 is 10.1 Å². The number of methoxy groups -OCH3 is 1. The number of allylic oxidation sites excluding steroid dienone is 1. The maximum Gasteiger partial charge on any atom is 0.237 e. The molecule has 0 aliphatic heterocycles. The molecule has 4 rings (SSSR count). The van der Waals surface area contributed by atoms with Crippen molar-refractivity contribution < 1.29 is 9.53 Å². The van der Waals surface area contributed by atoms with Crippen LogP contribution in [-0.2, 0) is 11.3 Å². The molecule has 7 heteroatoms. The molecular weight excluding hydrogens is 420 g/mol. The number of benzene rings is 3. The van der Waals surface area contributed by atoms with Crippen LogP contribution in [0.15, 0.2) is 84.5 Å². The minimum Gasteiger partial charge on any atom is -0.496 e. The molecule has 1 atom stereocenters. The first-order valence-corrected chi connectivity index (χ1v) is 11.1. The molecule has 0 radical (unpaired) electrons. The fourth-order valence-corrected chi connectivity index (χ4v) is 4.28. The summed E-state index contributed by atoms with van der Waals surface area (Å²) in [4.78, 5) is 12.9. The highest BCUT2D eigenvalue weighted by Crippen LogP contribution is 2.32. The molecule has 0 saturated carbocycles. The van der Waals surface area contributed by atoms with Crippen LogP contribution in [0.5, 0.6) is 5.75 Å². The zero-order chi connectivity index (χ0) is 22.5. The fraction of sp³-hybridized carbons (Fsp3) is 0.160. The number of carbonyl (C=O) groups is 1.